The van der Waals surface area contributed by atoms with Crippen molar-refractivity contribution in [1.82, 2.24) is 0 Å². The van der Waals surface area contributed by atoms with E-state index in [-0.39, 0.29) is 0 Å². The van der Waals surface area contributed by atoms with Crippen molar-refractivity contribution >= 4 is 0 Å². The quantitative estimate of drug-likeness (QED) is 0.658. The first-order valence-electron chi connectivity index (χ1n) is 7.41. The third-order valence-electron chi connectivity index (χ3n) is 3.02. The molecule has 2 N–H and O–H groups in total. The molecule has 0 radical (unpaired) electrons. The Balaban J connectivity index is 2.64. The van der Waals surface area contributed by atoms with Crippen LogP contribution in [-0.2, 0) is 6.42 Å². The van der Waals surface area contributed by atoms with Crippen molar-refractivity contribution in [2.75, 3.05) is 19.8 Å². The lowest BCUT2D eigenvalue weighted by Gasteiger charge is -2.15. The Morgan fingerprint density at radius 2 is 1.89 bits per heavy atom. The minimum absolute atomic E-state index is 0.627. The summed E-state index contributed by atoms with van der Waals surface area (Å²) in [5.74, 6) is 1.72. The molecule has 0 saturated heterocycles. The summed E-state index contributed by atoms with van der Waals surface area (Å²) in [5.41, 5.74) is 6.79. The standard InChI is InChI=1S/C16H27NO2/c1-3-5-6-7-13-19-16-14(11-12-17)9-8-10-15(16)18-4-2/h8-10H,3-7,11-13,17H2,1-2H3. The van der Waals surface area contributed by atoms with E-state index in [1.807, 2.05) is 19.1 Å². The lowest BCUT2D eigenvalue weighted by molar-refractivity contribution is 0.268. The summed E-state index contributed by atoms with van der Waals surface area (Å²) in [6.45, 7) is 6.23. The van der Waals surface area contributed by atoms with Gasteiger partial charge in [-0.2, -0.15) is 0 Å². The predicted molar refractivity (Wildman–Crippen MR) is 80.0 cm³/mol. The summed E-state index contributed by atoms with van der Waals surface area (Å²) in [6, 6.07) is 6.03. The molecule has 3 heteroatoms. The minimum Gasteiger partial charge on any atom is -0.490 e. The molecule has 0 bridgehead atoms. The summed E-state index contributed by atoms with van der Waals surface area (Å²) in [7, 11) is 0. The number of hydrogen-bond acceptors (Lipinski definition) is 3. The minimum atomic E-state index is 0.627. The van der Waals surface area contributed by atoms with E-state index in [1.165, 1.54) is 19.3 Å². The van der Waals surface area contributed by atoms with E-state index in [2.05, 4.69) is 13.0 Å². The molecule has 0 unspecified atom stereocenters. The molecule has 0 aliphatic heterocycles. The van der Waals surface area contributed by atoms with Gasteiger partial charge in [0.15, 0.2) is 11.5 Å². The molecule has 0 aromatic heterocycles. The van der Waals surface area contributed by atoms with Crippen molar-refractivity contribution in [3.63, 3.8) is 0 Å². The molecule has 108 valence electrons. The fourth-order valence-corrected chi connectivity index (χ4v) is 2.05. The van der Waals surface area contributed by atoms with Crippen LogP contribution in [0, 0.1) is 0 Å². The maximum atomic E-state index is 5.94. The molecule has 0 aliphatic rings. The van der Waals surface area contributed by atoms with Crippen molar-refractivity contribution in [3.05, 3.63) is 23.8 Å². The lowest BCUT2D eigenvalue weighted by Crippen LogP contribution is -2.08. The Labute approximate surface area is 117 Å². The second kappa shape index (κ2) is 9.68. The van der Waals surface area contributed by atoms with Crippen molar-refractivity contribution in [1.29, 1.82) is 0 Å². The summed E-state index contributed by atoms with van der Waals surface area (Å²) in [6.07, 6.45) is 5.65. The Hall–Kier alpha value is -1.22. The topological polar surface area (TPSA) is 44.5 Å². The second-order valence-corrected chi connectivity index (χ2v) is 4.63. The Morgan fingerprint density at radius 1 is 1.05 bits per heavy atom. The summed E-state index contributed by atoms with van der Waals surface area (Å²) < 4.78 is 11.6. The van der Waals surface area contributed by atoms with Gasteiger partial charge in [-0.15, -0.1) is 0 Å². The summed E-state index contributed by atoms with van der Waals surface area (Å²) in [5, 5.41) is 0. The van der Waals surface area contributed by atoms with Gasteiger partial charge in [-0.1, -0.05) is 38.3 Å². The van der Waals surface area contributed by atoms with Crippen molar-refractivity contribution in [2.24, 2.45) is 5.73 Å². The van der Waals surface area contributed by atoms with E-state index in [0.29, 0.717) is 13.2 Å². The number of rotatable bonds is 10. The summed E-state index contributed by atoms with van der Waals surface area (Å²) in [4.78, 5) is 0. The van der Waals surface area contributed by atoms with Gasteiger partial charge in [-0.05, 0) is 37.9 Å². The van der Waals surface area contributed by atoms with Crippen LogP contribution in [0.3, 0.4) is 0 Å². The van der Waals surface area contributed by atoms with Crippen LogP contribution in [0.4, 0.5) is 0 Å². The molecule has 1 aromatic rings. The third kappa shape index (κ3) is 5.52. The van der Waals surface area contributed by atoms with E-state index in [0.717, 1.165) is 36.5 Å². The highest BCUT2D eigenvalue weighted by Crippen LogP contribution is 2.31. The molecule has 0 aliphatic carbocycles. The average molecular weight is 265 g/mol. The highest BCUT2D eigenvalue weighted by atomic mass is 16.5. The smallest absolute Gasteiger partial charge is 0.164 e. The van der Waals surface area contributed by atoms with E-state index in [4.69, 9.17) is 15.2 Å². The fourth-order valence-electron chi connectivity index (χ4n) is 2.05. The fraction of sp³-hybridized carbons (Fsp3) is 0.625. The predicted octanol–water partition coefficient (Wildman–Crippen LogP) is 3.55. The maximum absolute atomic E-state index is 5.94. The van der Waals surface area contributed by atoms with Gasteiger partial charge in [0.1, 0.15) is 0 Å². The second-order valence-electron chi connectivity index (χ2n) is 4.63. The summed E-state index contributed by atoms with van der Waals surface area (Å²) >= 11 is 0. The number of benzene rings is 1. The van der Waals surface area contributed by atoms with Gasteiger partial charge in [0.2, 0.25) is 0 Å². The maximum Gasteiger partial charge on any atom is 0.164 e. The number of para-hydroxylation sites is 1. The number of unbranched alkanes of at least 4 members (excludes halogenated alkanes) is 3. The van der Waals surface area contributed by atoms with Crippen LogP contribution >= 0.6 is 0 Å². The third-order valence-corrected chi connectivity index (χ3v) is 3.02. The van der Waals surface area contributed by atoms with Gasteiger partial charge in [0, 0.05) is 0 Å². The van der Waals surface area contributed by atoms with Gasteiger partial charge in [0.05, 0.1) is 13.2 Å². The van der Waals surface area contributed by atoms with Crippen LogP contribution < -0.4 is 15.2 Å². The first-order chi connectivity index (χ1) is 9.33. The molecule has 1 aromatic carbocycles. The normalized spacial score (nSPS) is 10.5. The van der Waals surface area contributed by atoms with Crippen molar-refractivity contribution in [2.45, 2.75) is 46.0 Å². The van der Waals surface area contributed by atoms with Gasteiger partial charge in [-0.25, -0.2) is 0 Å². The van der Waals surface area contributed by atoms with Gasteiger partial charge in [0.25, 0.3) is 0 Å². The average Bonchev–Trinajstić information content (AvgIpc) is 2.41. The number of hydrogen-bond donors (Lipinski definition) is 1. The van der Waals surface area contributed by atoms with Crippen molar-refractivity contribution < 1.29 is 9.47 Å². The number of ether oxygens (including phenoxy) is 2. The zero-order chi connectivity index (χ0) is 13.9. The zero-order valence-electron chi connectivity index (χ0n) is 12.3. The first kappa shape index (κ1) is 15.8. The molecule has 0 saturated carbocycles. The molecule has 19 heavy (non-hydrogen) atoms. The largest absolute Gasteiger partial charge is 0.490 e. The van der Waals surface area contributed by atoms with Crippen molar-refractivity contribution in [3.8, 4) is 11.5 Å². The van der Waals surface area contributed by atoms with Crippen LogP contribution in [0.2, 0.25) is 0 Å². The van der Waals surface area contributed by atoms with Crippen LogP contribution in [0.5, 0.6) is 11.5 Å². The molecule has 1 rings (SSSR count). The molecule has 0 amide bonds. The van der Waals surface area contributed by atoms with Crippen LogP contribution in [0.25, 0.3) is 0 Å². The highest BCUT2D eigenvalue weighted by molar-refractivity contribution is 5.46. The Morgan fingerprint density at radius 3 is 2.58 bits per heavy atom. The van der Waals surface area contributed by atoms with Crippen LogP contribution in [-0.4, -0.2) is 19.8 Å². The van der Waals surface area contributed by atoms with E-state index in [1.54, 1.807) is 0 Å². The lowest BCUT2D eigenvalue weighted by atomic mass is 10.1. The number of nitrogens with two attached hydrogens (primary N) is 1. The molecule has 0 spiro atoms. The molecule has 3 nitrogen and oxygen atoms in total. The SMILES string of the molecule is CCCCCCOc1c(CCN)cccc1OCC. The van der Waals surface area contributed by atoms with Crippen LogP contribution in [0.15, 0.2) is 18.2 Å². The van der Waals surface area contributed by atoms with Gasteiger partial charge < -0.3 is 15.2 Å². The van der Waals surface area contributed by atoms with E-state index < -0.39 is 0 Å². The van der Waals surface area contributed by atoms with Crippen LogP contribution in [0.1, 0.15) is 45.1 Å². The first-order valence-corrected chi connectivity index (χ1v) is 7.41. The Bertz CT molecular complexity index is 328. The highest BCUT2D eigenvalue weighted by Gasteiger charge is 2.10. The van der Waals surface area contributed by atoms with Gasteiger partial charge >= 0.3 is 0 Å². The monoisotopic (exact) mass is 265 g/mol. The molecule has 0 atom stereocenters. The van der Waals surface area contributed by atoms with E-state index in [9.17, 15) is 0 Å². The molecule has 0 fully saturated rings. The molecular weight excluding hydrogens is 238 g/mol. The molecule has 0 heterocycles. The zero-order valence-corrected chi connectivity index (χ0v) is 12.3. The Kier molecular flexibility index (Phi) is 8.07. The van der Waals surface area contributed by atoms with Gasteiger partial charge in [-0.3, -0.25) is 0 Å². The molecular formula is C16H27NO2. The van der Waals surface area contributed by atoms with E-state index >= 15 is 0 Å².